The lowest BCUT2D eigenvalue weighted by atomic mass is 9.95. The third-order valence-corrected chi connectivity index (χ3v) is 6.15. The molecule has 3 rings (SSSR count). The summed E-state index contributed by atoms with van der Waals surface area (Å²) in [6.45, 7) is 17.4. The predicted octanol–water partition coefficient (Wildman–Crippen LogP) is 2.52. The zero-order chi connectivity index (χ0) is 15.0. The molecule has 0 radical (unpaired) electrons. The largest absolute Gasteiger partial charge is 0.301 e. The molecule has 2 atom stereocenters. The van der Waals surface area contributed by atoms with E-state index in [1.807, 2.05) is 0 Å². The highest BCUT2D eigenvalue weighted by atomic mass is 15.3. The number of hydrogen-bond acceptors (Lipinski definition) is 3. The number of fused-ring (bicyclic) bond motifs is 2. The van der Waals surface area contributed by atoms with E-state index in [9.17, 15) is 0 Å². The highest BCUT2D eigenvalue weighted by Gasteiger charge is 2.39. The highest BCUT2D eigenvalue weighted by molar-refractivity contribution is 4.95. The summed E-state index contributed by atoms with van der Waals surface area (Å²) in [6.07, 6.45) is 4.30. The Labute approximate surface area is 131 Å². The molecule has 0 aromatic carbocycles. The molecule has 0 aromatic rings. The van der Waals surface area contributed by atoms with Crippen LogP contribution in [0.5, 0.6) is 0 Å². The number of rotatable bonds is 4. The molecule has 3 aliphatic heterocycles. The molecule has 3 saturated heterocycles. The second-order valence-electron chi connectivity index (χ2n) is 8.33. The second-order valence-corrected chi connectivity index (χ2v) is 8.33. The molecule has 21 heavy (non-hydrogen) atoms. The fourth-order valence-electron chi connectivity index (χ4n) is 4.72. The van der Waals surface area contributed by atoms with Crippen LogP contribution in [0.2, 0.25) is 0 Å². The van der Waals surface area contributed by atoms with E-state index in [2.05, 4.69) is 42.4 Å². The van der Waals surface area contributed by atoms with Crippen LogP contribution in [0, 0.1) is 11.8 Å². The van der Waals surface area contributed by atoms with Gasteiger partial charge in [0.05, 0.1) is 0 Å². The van der Waals surface area contributed by atoms with Gasteiger partial charge in [-0.1, -0.05) is 0 Å². The third kappa shape index (κ3) is 3.62. The summed E-state index contributed by atoms with van der Waals surface area (Å²) in [5.74, 6) is 1.90. The molecule has 3 fully saturated rings. The van der Waals surface area contributed by atoms with E-state index in [1.54, 1.807) is 0 Å². The van der Waals surface area contributed by atoms with Gasteiger partial charge in [0.2, 0.25) is 0 Å². The van der Waals surface area contributed by atoms with Gasteiger partial charge in [-0.3, -0.25) is 9.80 Å². The summed E-state index contributed by atoms with van der Waals surface area (Å²) < 4.78 is 0. The van der Waals surface area contributed by atoms with Crippen LogP contribution in [0.3, 0.4) is 0 Å². The minimum Gasteiger partial charge on any atom is -0.301 e. The van der Waals surface area contributed by atoms with Crippen LogP contribution in [0.4, 0.5) is 0 Å². The lowest BCUT2D eigenvalue weighted by molar-refractivity contribution is 0.101. The van der Waals surface area contributed by atoms with Crippen LogP contribution in [0.15, 0.2) is 0 Å². The van der Waals surface area contributed by atoms with Gasteiger partial charge in [-0.2, -0.15) is 0 Å². The van der Waals surface area contributed by atoms with Crippen molar-refractivity contribution in [3.8, 4) is 0 Å². The number of nitrogens with zero attached hydrogens (tertiary/aromatic N) is 3. The summed E-state index contributed by atoms with van der Waals surface area (Å²) in [4.78, 5) is 8.21. The summed E-state index contributed by atoms with van der Waals surface area (Å²) in [5, 5.41) is 0. The minimum atomic E-state index is 0.726. The van der Waals surface area contributed by atoms with Gasteiger partial charge in [-0.25, -0.2) is 0 Å². The first-order chi connectivity index (χ1) is 10.0. The van der Waals surface area contributed by atoms with E-state index < -0.39 is 0 Å². The fraction of sp³-hybridized carbons (Fsp3) is 1.00. The summed E-state index contributed by atoms with van der Waals surface area (Å²) in [6, 6.07) is 2.32. The van der Waals surface area contributed by atoms with Crippen molar-refractivity contribution < 1.29 is 0 Å². The van der Waals surface area contributed by atoms with Crippen LogP contribution >= 0.6 is 0 Å². The van der Waals surface area contributed by atoms with Crippen LogP contribution in [0.1, 0.15) is 47.0 Å². The zero-order valence-corrected chi connectivity index (χ0v) is 14.6. The van der Waals surface area contributed by atoms with E-state index in [1.165, 1.54) is 58.5 Å². The Morgan fingerprint density at radius 2 is 1.52 bits per heavy atom. The van der Waals surface area contributed by atoms with Crippen LogP contribution in [-0.4, -0.2) is 72.1 Å². The Hall–Kier alpha value is -0.120. The lowest BCUT2D eigenvalue weighted by Gasteiger charge is -2.38. The first-order valence-corrected chi connectivity index (χ1v) is 9.25. The maximum absolute atomic E-state index is 2.85. The van der Waals surface area contributed by atoms with Crippen molar-refractivity contribution in [2.75, 3.05) is 39.3 Å². The van der Waals surface area contributed by atoms with Crippen LogP contribution < -0.4 is 0 Å². The van der Waals surface area contributed by atoms with E-state index >= 15 is 0 Å². The van der Waals surface area contributed by atoms with Gasteiger partial charge < -0.3 is 4.90 Å². The Morgan fingerprint density at radius 1 is 0.857 bits per heavy atom. The summed E-state index contributed by atoms with van der Waals surface area (Å²) >= 11 is 0. The van der Waals surface area contributed by atoms with Crippen molar-refractivity contribution in [1.82, 2.24) is 14.7 Å². The molecule has 0 N–H and O–H groups in total. The third-order valence-electron chi connectivity index (χ3n) is 6.15. The molecular weight excluding hydrogens is 258 g/mol. The van der Waals surface area contributed by atoms with Crippen molar-refractivity contribution in [1.29, 1.82) is 0 Å². The molecule has 0 spiro atoms. The Bertz CT molecular complexity index is 333. The van der Waals surface area contributed by atoms with E-state index in [0.29, 0.717) is 0 Å². The zero-order valence-electron chi connectivity index (χ0n) is 14.6. The van der Waals surface area contributed by atoms with Crippen molar-refractivity contribution >= 4 is 0 Å². The molecule has 122 valence electrons. The molecule has 0 amide bonds. The molecule has 2 unspecified atom stereocenters. The number of hydrogen-bond donors (Lipinski definition) is 0. The van der Waals surface area contributed by atoms with Crippen molar-refractivity contribution in [2.24, 2.45) is 11.8 Å². The average molecular weight is 293 g/mol. The Balaban J connectivity index is 1.49. The first-order valence-electron chi connectivity index (χ1n) is 9.25. The molecule has 3 heteroatoms. The van der Waals surface area contributed by atoms with Crippen molar-refractivity contribution in [2.45, 2.75) is 65.1 Å². The first kappa shape index (κ1) is 15.8. The van der Waals surface area contributed by atoms with E-state index in [0.717, 1.165) is 30.0 Å². The fourth-order valence-corrected chi connectivity index (χ4v) is 4.72. The standard InChI is InChI=1S/C18H35N3/c1-14(2)19-7-5-16(6-8-19)10-21-12-17-9-18(21)13-20(11-17)15(3)4/h14-18H,5-13H2,1-4H3. The topological polar surface area (TPSA) is 9.72 Å². The summed E-state index contributed by atoms with van der Waals surface area (Å²) in [5.41, 5.74) is 0. The van der Waals surface area contributed by atoms with Gasteiger partial charge in [0.15, 0.2) is 0 Å². The van der Waals surface area contributed by atoms with Gasteiger partial charge >= 0.3 is 0 Å². The SMILES string of the molecule is CC(C)N1CCC(CN2CC3CC2CN(C(C)C)C3)CC1. The molecule has 3 nitrogen and oxygen atoms in total. The normalized spacial score (nSPS) is 33.4. The van der Waals surface area contributed by atoms with E-state index in [-0.39, 0.29) is 0 Å². The lowest BCUT2D eigenvalue weighted by Crippen LogP contribution is -2.47. The quantitative estimate of drug-likeness (QED) is 0.788. The predicted molar refractivity (Wildman–Crippen MR) is 89.6 cm³/mol. The number of likely N-dealkylation sites (tertiary alicyclic amines) is 3. The molecule has 0 saturated carbocycles. The van der Waals surface area contributed by atoms with Crippen molar-refractivity contribution in [3.63, 3.8) is 0 Å². The maximum atomic E-state index is 2.85. The second kappa shape index (κ2) is 6.55. The molecule has 0 aliphatic carbocycles. The van der Waals surface area contributed by atoms with Gasteiger partial charge in [0.1, 0.15) is 0 Å². The van der Waals surface area contributed by atoms with E-state index in [4.69, 9.17) is 0 Å². The molecule has 3 heterocycles. The molecular formula is C18H35N3. The highest BCUT2D eigenvalue weighted by Crippen LogP contribution is 2.32. The maximum Gasteiger partial charge on any atom is 0.0227 e. The van der Waals surface area contributed by atoms with Gasteiger partial charge in [-0.15, -0.1) is 0 Å². The van der Waals surface area contributed by atoms with Gasteiger partial charge in [-0.05, 0) is 71.9 Å². The minimum absolute atomic E-state index is 0.726. The van der Waals surface area contributed by atoms with Gasteiger partial charge in [0.25, 0.3) is 0 Å². The monoisotopic (exact) mass is 293 g/mol. The van der Waals surface area contributed by atoms with Crippen LogP contribution in [-0.2, 0) is 0 Å². The molecule has 0 aromatic heterocycles. The Morgan fingerprint density at radius 3 is 2.14 bits per heavy atom. The number of piperidine rings is 2. The molecule has 3 aliphatic rings. The Kier molecular flexibility index (Phi) is 4.92. The molecule has 2 bridgehead atoms. The smallest absolute Gasteiger partial charge is 0.0227 e. The van der Waals surface area contributed by atoms with Gasteiger partial charge in [0, 0.05) is 44.3 Å². The average Bonchev–Trinajstić information content (AvgIpc) is 2.73. The van der Waals surface area contributed by atoms with Crippen LogP contribution in [0.25, 0.3) is 0 Å². The van der Waals surface area contributed by atoms with Crippen molar-refractivity contribution in [3.05, 3.63) is 0 Å². The summed E-state index contributed by atoms with van der Waals surface area (Å²) in [7, 11) is 0.